The first kappa shape index (κ1) is 13.7. The number of imidazole rings is 1. The van der Waals surface area contributed by atoms with Gasteiger partial charge in [0.1, 0.15) is 11.3 Å². The van der Waals surface area contributed by atoms with Gasteiger partial charge in [-0.25, -0.2) is 0 Å². The second-order valence-electron chi connectivity index (χ2n) is 6.19. The van der Waals surface area contributed by atoms with Crippen molar-refractivity contribution in [3.8, 4) is 5.75 Å². The average molecular weight is 290 g/mol. The molecule has 1 aliphatic rings. The lowest BCUT2D eigenvalue weighted by atomic mass is 10.0. The van der Waals surface area contributed by atoms with Crippen LogP contribution in [0.15, 0.2) is 18.2 Å². The molecule has 3 nitrogen and oxygen atoms in total. The topological polar surface area (TPSA) is 29.9 Å². The van der Waals surface area contributed by atoms with Gasteiger partial charge >= 0.3 is 0 Å². The van der Waals surface area contributed by atoms with Crippen LogP contribution >= 0.6 is 12.2 Å². The van der Waals surface area contributed by atoms with Crippen LogP contribution in [0.3, 0.4) is 0 Å². The molecule has 0 amide bonds. The Hall–Kier alpha value is -1.29. The smallest absolute Gasteiger partial charge is 0.178 e. The highest BCUT2D eigenvalue weighted by molar-refractivity contribution is 7.71. The number of aromatic nitrogens is 2. The molecule has 0 saturated heterocycles. The van der Waals surface area contributed by atoms with Gasteiger partial charge in [-0.1, -0.05) is 13.0 Å². The fourth-order valence-electron chi connectivity index (χ4n) is 2.80. The van der Waals surface area contributed by atoms with Gasteiger partial charge in [0.15, 0.2) is 4.77 Å². The van der Waals surface area contributed by atoms with Crippen molar-refractivity contribution in [3.05, 3.63) is 23.0 Å². The number of aromatic amines is 1. The Morgan fingerprint density at radius 3 is 2.75 bits per heavy atom. The van der Waals surface area contributed by atoms with E-state index in [1.807, 2.05) is 26.0 Å². The largest absolute Gasteiger partial charge is 0.489 e. The van der Waals surface area contributed by atoms with Crippen LogP contribution < -0.4 is 4.74 Å². The van der Waals surface area contributed by atoms with Crippen LogP contribution in [0.5, 0.6) is 5.75 Å². The maximum atomic E-state index is 5.88. The van der Waals surface area contributed by atoms with Gasteiger partial charge < -0.3 is 14.3 Å². The Morgan fingerprint density at radius 1 is 1.40 bits per heavy atom. The molecular weight excluding hydrogens is 268 g/mol. The van der Waals surface area contributed by atoms with E-state index in [-0.39, 0.29) is 6.10 Å². The van der Waals surface area contributed by atoms with Crippen LogP contribution in [0.25, 0.3) is 11.0 Å². The standard InChI is InChI=1S/C16H22N2OS/c1-4-16(8-9-16)10-18-12-6-5-7-13(19-11(2)3)14(12)17-15(18)20/h5-7,11H,4,8-10H2,1-3H3,(H,17,20). The number of nitrogens with zero attached hydrogens (tertiary/aromatic N) is 1. The summed E-state index contributed by atoms with van der Waals surface area (Å²) in [5.41, 5.74) is 2.66. The molecule has 108 valence electrons. The number of rotatable bonds is 5. The third-order valence-electron chi connectivity index (χ3n) is 4.34. The van der Waals surface area contributed by atoms with Gasteiger partial charge in [-0.05, 0) is 62.9 Å². The normalized spacial score (nSPS) is 16.8. The van der Waals surface area contributed by atoms with Gasteiger partial charge in [0.25, 0.3) is 0 Å². The van der Waals surface area contributed by atoms with E-state index < -0.39 is 0 Å². The van der Waals surface area contributed by atoms with E-state index in [0.717, 1.165) is 28.1 Å². The summed E-state index contributed by atoms with van der Waals surface area (Å²) in [6.45, 7) is 7.38. The molecule has 0 aliphatic heterocycles. The van der Waals surface area contributed by atoms with Crippen LogP contribution in [0.1, 0.15) is 40.0 Å². The molecule has 1 aromatic carbocycles. The number of hydrogen-bond acceptors (Lipinski definition) is 2. The second kappa shape index (κ2) is 4.92. The Morgan fingerprint density at radius 2 is 2.15 bits per heavy atom. The molecule has 1 N–H and O–H groups in total. The summed E-state index contributed by atoms with van der Waals surface area (Å²) in [7, 11) is 0. The minimum Gasteiger partial charge on any atom is -0.489 e. The molecule has 0 bridgehead atoms. The van der Waals surface area contributed by atoms with Crippen LogP contribution in [0.4, 0.5) is 0 Å². The predicted molar refractivity (Wildman–Crippen MR) is 84.8 cm³/mol. The summed E-state index contributed by atoms with van der Waals surface area (Å²) < 4.78 is 8.93. The van der Waals surface area contributed by atoms with Gasteiger partial charge in [-0.2, -0.15) is 0 Å². The van der Waals surface area contributed by atoms with E-state index in [2.05, 4.69) is 22.5 Å². The zero-order valence-corrected chi connectivity index (χ0v) is 13.2. The third kappa shape index (κ3) is 2.37. The predicted octanol–water partition coefficient (Wildman–Crippen LogP) is 4.68. The molecule has 1 fully saturated rings. The lowest BCUT2D eigenvalue weighted by Gasteiger charge is -2.14. The van der Waals surface area contributed by atoms with Crippen LogP contribution in [-0.2, 0) is 6.54 Å². The Bertz CT molecular complexity index is 679. The first-order valence-corrected chi connectivity index (χ1v) is 7.84. The van der Waals surface area contributed by atoms with Crippen molar-refractivity contribution in [1.29, 1.82) is 0 Å². The molecule has 1 saturated carbocycles. The summed E-state index contributed by atoms with van der Waals surface area (Å²) in [6.07, 6.45) is 4.03. The quantitative estimate of drug-likeness (QED) is 0.811. The minimum atomic E-state index is 0.163. The number of ether oxygens (including phenoxy) is 1. The average Bonchev–Trinajstić information content (AvgIpc) is 3.11. The summed E-state index contributed by atoms with van der Waals surface area (Å²) in [4.78, 5) is 3.33. The van der Waals surface area contributed by atoms with Gasteiger partial charge in [-0.3, -0.25) is 0 Å². The fraction of sp³-hybridized carbons (Fsp3) is 0.562. The Balaban J connectivity index is 2.05. The van der Waals surface area contributed by atoms with E-state index in [1.165, 1.54) is 19.3 Å². The van der Waals surface area contributed by atoms with E-state index >= 15 is 0 Å². The molecule has 0 unspecified atom stereocenters. The van der Waals surface area contributed by atoms with E-state index in [4.69, 9.17) is 17.0 Å². The maximum absolute atomic E-state index is 5.88. The molecule has 3 rings (SSSR count). The summed E-state index contributed by atoms with van der Waals surface area (Å²) >= 11 is 5.52. The Labute approximate surface area is 125 Å². The highest BCUT2D eigenvalue weighted by Gasteiger charge is 2.41. The second-order valence-corrected chi connectivity index (χ2v) is 6.57. The zero-order chi connectivity index (χ0) is 14.3. The number of H-pyrrole nitrogens is 1. The number of nitrogens with one attached hydrogen (secondary N) is 1. The highest BCUT2D eigenvalue weighted by Crippen LogP contribution is 2.50. The SMILES string of the molecule is CCC1(Cn2c(=S)[nH]c3c(OC(C)C)cccc32)CC1. The summed E-state index contributed by atoms with van der Waals surface area (Å²) in [6, 6.07) is 6.18. The monoisotopic (exact) mass is 290 g/mol. The first-order chi connectivity index (χ1) is 9.54. The van der Waals surface area contributed by atoms with E-state index in [0.29, 0.717) is 5.41 Å². The minimum absolute atomic E-state index is 0.163. The van der Waals surface area contributed by atoms with Crippen molar-refractivity contribution in [1.82, 2.24) is 9.55 Å². The van der Waals surface area contributed by atoms with Gasteiger partial charge in [0, 0.05) is 6.54 Å². The van der Waals surface area contributed by atoms with Crippen molar-refractivity contribution < 1.29 is 4.74 Å². The highest BCUT2D eigenvalue weighted by atomic mass is 32.1. The van der Waals surface area contributed by atoms with Crippen LogP contribution in [-0.4, -0.2) is 15.7 Å². The molecule has 20 heavy (non-hydrogen) atoms. The van der Waals surface area contributed by atoms with Crippen molar-refractivity contribution in [2.24, 2.45) is 5.41 Å². The van der Waals surface area contributed by atoms with Crippen LogP contribution in [0, 0.1) is 10.2 Å². The molecule has 0 atom stereocenters. The van der Waals surface area contributed by atoms with Crippen LogP contribution in [0.2, 0.25) is 0 Å². The number of benzene rings is 1. The molecular formula is C16H22N2OS. The third-order valence-corrected chi connectivity index (χ3v) is 4.66. The number of hydrogen-bond donors (Lipinski definition) is 1. The van der Waals surface area contributed by atoms with Gasteiger partial charge in [0.05, 0.1) is 11.6 Å². The zero-order valence-electron chi connectivity index (χ0n) is 12.4. The maximum Gasteiger partial charge on any atom is 0.178 e. The molecule has 0 radical (unpaired) electrons. The molecule has 2 aromatic rings. The fourth-order valence-corrected chi connectivity index (χ4v) is 3.06. The Kier molecular flexibility index (Phi) is 3.36. The molecule has 0 spiro atoms. The van der Waals surface area contributed by atoms with Crippen molar-refractivity contribution in [3.63, 3.8) is 0 Å². The van der Waals surface area contributed by atoms with E-state index in [1.54, 1.807) is 0 Å². The lowest BCUT2D eigenvalue weighted by molar-refractivity contribution is 0.245. The molecule has 1 aliphatic carbocycles. The van der Waals surface area contributed by atoms with Crippen molar-refractivity contribution in [2.45, 2.75) is 52.7 Å². The van der Waals surface area contributed by atoms with Crippen molar-refractivity contribution >= 4 is 23.3 Å². The summed E-state index contributed by atoms with van der Waals surface area (Å²) in [5, 5.41) is 0. The van der Waals surface area contributed by atoms with Crippen molar-refractivity contribution in [2.75, 3.05) is 0 Å². The van der Waals surface area contributed by atoms with Gasteiger partial charge in [-0.15, -0.1) is 0 Å². The number of para-hydroxylation sites is 1. The summed E-state index contributed by atoms with van der Waals surface area (Å²) in [5.74, 6) is 0.892. The molecule has 1 heterocycles. The van der Waals surface area contributed by atoms with Gasteiger partial charge in [0.2, 0.25) is 0 Å². The molecule has 4 heteroatoms. The lowest BCUT2D eigenvalue weighted by Crippen LogP contribution is -2.10. The van der Waals surface area contributed by atoms with E-state index in [9.17, 15) is 0 Å². The number of fused-ring (bicyclic) bond motifs is 1. The molecule has 1 aromatic heterocycles. The first-order valence-electron chi connectivity index (χ1n) is 7.43.